The van der Waals surface area contributed by atoms with Gasteiger partial charge in [-0.25, -0.2) is 0 Å². The lowest BCUT2D eigenvalue weighted by molar-refractivity contribution is -0.137. The van der Waals surface area contributed by atoms with Crippen molar-refractivity contribution < 1.29 is 9.90 Å². The summed E-state index contributed by atoms with van der Waals surface area (Å²) in [6.45, 7) is 6.63. The first kappa shape index (κ1) is 15.1. The molecule has 3 heteroatoms. The smallest absolute Gasteiger partial charge is 0.303 e. The Bertz CT molecular complexity index is 376. The van der Waals surface area contributed by atoms with Crippen molar-refractivity contribution in [2.45, 2.75) is 50.3 Å². The van der Waals surface area contributed by atoms with Gasteiger partial charge >= 0.3 is 5.97 Å². The second kappa shape index (κ2) is 6.83. The van der Waals surface area contributed by atoms with Crippen LogP contribution in [0.5, 0.6) is 0 Å². The highest BCUT2D eigenvalue weighted by molar-refractivity contribution is 7.99. The standard InChI is InChI=1S/C15H22O2S/c1-15(2,3)12-7-9-13(10-8-12)18-11-5-4-6-14(16)17/h7-10H,4-6,11H2,1-3H3,(H,16,17). The number of carboxylic acid groups (broad SMARTS) is 1. The van der Waals surface area contributed by atoms with E-state index in [4.69, 9.17) is 5.11 Å². The summed E-state index contributed by atoms with van der Waals surface area (Å²) in [5.41, 5.74) is 1.54. The summed E-state index contributed by atoms with van der Waals surface area (Å²) in [5, 5.41) is 8.53. The van der Waals surface area contributed by atoms with Crippen molar-refractivity contribution in [2.75, 3.05) is 5.75 Å². The van der Waals surface area contributed by atoms with Crippen LogP contribution in [0.15, 0.2) is 29.2 Å². The summed E-state index contributed by atoms with van der Waals surface area (Å²) in [5.74, 6) is 0.289. The van der Waals surface area contributed by atoms with Crippen molar-refractivity contribution in [1.29, 1.82) is 0 Å². The lowest BCUT2D eigenvalue weighted by Crippen LogP contribution is -2.10. The Kier molecular flexibility index (Phi) is 5.73. The number of thioether (sulfide) groups is 1. The normalized spacial score (nSPS) is 11.5. The molecule has 0 aliphatic rings. The predicted octanol–water partition coefficient (Wildman–Crippen LogP) is 4.33. The third-order valence-corrected chi connectivity index (χ3v) is 3.87. The Morgan fingerprint density at radius 2 is 1.78 bits per heavy atom. The second-order valence-electron chi connectivity index (χ2n) is 5.47. The minimum atomic E-state index is -0.700. The van der Waals surface area contributed by atoms with Gasteiger partial charge < -0.3 is 5.11 Å². The average molecular weight is 266 g/mol. The number of rotatable bonds is 6. The van der Waals surface area contributed by atoms with E-state index in [1.165, 1.54) is 10.5 Å². The first-order chi connectivity index (χ1) is 8.39. The fourth-order valence-electron chi connectivity index (χ4n) is 1.62. The number of benzene rings is 1. The Morgan fingerprint density at radius 1 is 1.17 bits per heavy atom. The van der Waals surface area contributed by atoms with Gasteiger partial charge in [-0.1, -0.05) is 32.9 Å². The van der Waals surface area contributed by atoms with Crippen LogP contribution in [0.25, 0.3) is 0 Å². The van der Waals surface area contributed by atoms with Gasteiger partial charge in [0.15, 0.2) is 0 Å². The van der Waals surface area contributed by atoms with Crippen LogP contribution < -0.4 is 0 Å². The van der Waals surface area contributed by atoms with Crippen molar-refractivity contribution >= 4 is 17.7 Å². The zero-order valence-electron chi connectivity index (χ0n) is 11.4. The largest absolute Gasteiger partial charge is 0.481 e. The summed E-state index contributed by atoms with van der Waals surface area (Å²) >= 11 is 1.80. The molecule has 0 amide bonds. The van der Waals surface area contributed by atoms with Gasteiger partial charge in [0.25, 0.3) is 0 Å². The SMILES string of the molecule is CC(C)(C)c1ccc(SCCCCC(=O)O)cc1. The Hall–Kier alpha value is -0.960. The summed E-state index contributed by atoms with van der Waals surface area (Å²) in [4.78, 5) is 11.6. The number of carbonyl (C=O) groups is 1. The van der Waals surface area contributed by atoms with Gasteiger partial charge in [0, 0.05) is 11.3 Å². The van der Waals surface area contributed by atoms with E-state index in [9.17, 15) is 4.79 Å². The summed E-state index contributed by atoms with van der Waals surface area (Å²) in [6, 6.07) is 8.67. The third kappa shape index (κ3) is 5.58. The predicted molar refractivity (Wildman–Crippen MR) is 77.4 cm³/mol. The molecule has 1 rings (SSSR count). The lowest BCUT2D eigenvalue weighted by Gasteiger charge is -2.19. The van der Waals surface area contributed by atoms with Crippen molar-refractivity contribution in [3.8, 4) is 0 Å². The molecule has 0 aliphatic heterocycles. The van der Waals surface area contributed by atoms with E-state index in [0.29, 0.717) is 0 Å². The molecule has 1 aromatic rings. The zero-order chi connectivity index (χ0) is 13.6. The van der Waals surface area contributed by atoms with Crippen LogP contribution >= 0.6 is 11.8 Å². The van der Waals surface area contributed by atoms with Crippen LogP contribution in [-0.4, -0.2) is 16.8 Å². The molecular weight excluding hydrogens is 244 g/mol. The molecule has 0 aliphatic carbocycles. The van der Waals surface area contributed by atoms with Crippen molar-refractivity contribution in [3.05, 3.63) is 29.8 Å². The molecule has 0 fully saturated rings. The van der Waals surface area contributed by atoms with E-state index in [1.807, 2.05) is 0 Å². The van der Waals surface area contributed by atoms with Crippen LogP contribution in [0.2, 0.25) is 0 Å². The molecule has 18 heavy (non-hydrogen) atoms. The first-order valence-electron chi connectivity index (χ1n) is 6.35. The fraction of sp³-hybridized carbons (Fsp3) is 0.533. The lowest BCUT2D eigenvalue weighted by atomic mass is 9.87. The van der Waals surface area contributed by atoms with Crippen molar-refractivity contribution in [2.24, 2.45) is 0 Å². The molecule has 1 aromatic carbocycles. The molecule has 0 radical (unpaired) electrons. The van der Waals surface area contributed by atoms with E-state index in [0.717, 1.165) is 18.6 Å². The highest BCUT2D eigenvalue weighted by Crippen LogP contribution is 2.26. The Morgan fingerprint density at radius 3 is 2.28 bits per heavy atom. The molecular formula is C15H22O2S. The molecule has 0 unspecified atom stereocenters. The fourth-order valence-corrected chi connectivity index (χ4v) is 2.53. The van der Waals surface area contributed by atoms with Crippen molar-refractivity contribution in [3.63, 3.8) is 0 Å². The quantitative estimate of drug-likeness (QED) is 0.615. The monoisotopic (exact) mass is 266 g/mol. The molecule has 0 atom stereocenters. The number of carboxylic acids is 1. The minimum Gasteiger partial charge on any atom is -0.481 e. The van der Waals surface area contributed by atoms with Crippen LogP contribution in [-0.2, 0) is 10.2 Å². The third-order valence-electron chi connectivity index (χ3n) is 2.77. The molecule has 0 heterocycles. The number of aliphatic carboxylic acids is 1. The molecule has 100 valence electrons. The summed E-state index contributed by atoms with van der Waals surface area (Å²) < 4.78 is 0. The minimum absolute atomic E-state index is 0.199. The number of hydrogen-bond donors (Lipinski definition) is 1. The van der Waals surface area contributed by atoms with Gasteiger partial charge in [0.1, 0.15) is 0 Å². The second-order valence-corrected chi connectivity index (χ2v) is 6.64. The van der Waals surface area contributed by atoms with Gasteiger partial charge in [0.05, 0.1) is 0 Å². The topological polar surface area (TPSA) is 37.3 Å². The molecule has 0 bridgehead atoms. The van der Waals surface area contributed by atoms with Gasteiger partial charge in [-0.15, -0.1) is 11.8 Å². The summed E-state index contributed by atoms with van der Waals surface area (Å²) in [7, 11) is 0. The highest BCUT2D eigenvalue weighted by atomic mass is 32.2. The summed E-state index contributed by atoms with van der Waals surface area (Å²) in [6.07, 6.45) is 2.00. The molecule has 1 N–H and O–H groups in total. The maximum absolute atomic E-state index is 10.4. The Balaban J connectivity index is 2.33. The number of hydrogen-bond acceptors (Lipinski definition) is 2. The van der Waals surface area contributed by atoms with Crippen LogP contribution in [0.4, 0.5) is 0 Å². The van der Waals surface area contributed by atoms with Gasteiger partial charge in [0.2, 0.25) is 0 Å². The van der Waals surface area contributed by atoms with Crippen molar-refractivity contribution in [1.82, 2.24) is 0 Å². The van der Waals surface area contributed by atoms with Gasteiger partial charge in [-0.2, -0.15) is 0 Å². The Labute approximate surface area is 114 Å². The molecule has 0 aromatic heterocycles. The first-order valence-corrected chi connectivity index (χ1v) is 7.33. The van der Waals surface area contributed by atoms with E-state index in [-0.39, 0.29) is 11.8 Å². The molecule has 0 saturated carbocycles. The molecule has 0 spiro atoms. The van der Waals surface area contributed by atoms with Crippen LogP contribution in [0.1, 0.15) is 45.6 Å². The molecule has 0 saturated heterocycles. The average Bonchev–Trinajstić information content (AvgIpc) is 2.27. The molecule has 2 nitrogen and oxygen atoms in total. The van der Waals surface area contributed by atoms with E-state index in [2.05, 4.69) is 45.0 Å². The van der Waals surface area contributed by atoms with Gasteiger partial charge in [-0.05, 0) is 41.7 Å². The highest BCUT2D eigenvalue weighted by Gasteiger charge is 2.12. The van der Waals surface area contributed by atoms with E-state index in [1.54, 1.807) is 11.8 Å². The zero-order valence-corrected chi connectivity index (χ0v) is 12.2. The van der Waals surface area contributed by atoms with E-state index < -0.39 is 5.97 Å². The van der Waals surface area contributed by atoms with E-state index >= 15 is 0 Å². The maximum atomic E-state index is 10.4. The van der Waals surface area contributed by atoms with Crippen LogP contribution in [0.3, 0.4) is 0 Å². The van der Waals surface area contributed by atoms with Gasteiger partial charge in [-0.3, -0.25) is 4.79 Å². The van der Waals surface area contributed by atoms with Crippen LogP contribution in [0, 0.1) is 0 Å². The maximum Gasteiger partial charge on any atom is 0.303 e. The number of unbranched alkanes of at least 4 members (excludes halogenated alkanes) is 1.